The van der Waals surface area contributed by atoms with Crippen LogP contribution in [0, 0.1) is 18.3 Å². The summed E-state index contributed by atoms with van der Waals surface area (Å²) < 4.78 is 0. The Bertz CT molecular complexity index is 373. The van der Waals surface area contributed by atoms with Crippen LogP contribution in [-0.4, -0.2) is 29.1 Å². The molecule has 0 aliphatic carbocycles. The summed E-state index contributed by atoms with van der Waals surface area (Å²) >= 11 is 0. The van der Waals surface area contributed by atoms with Crippen LogP contribution in [0.2, 0.25) is 0 Å². The molecule has 6 heteroatoms. The summed E-state index contributed by atoms with van der Waals surface area (Å²) in [6, 6.07) is -1.06. The lowest BCUT2D eigenvalue weighted by Crippen LogP contribution is -2.44. The topological polar surface area (TPSA) is 95.5 Å². The summed E-state index contributed by atoms with van der Waals surface area (Å²) in [7, 11) is 0. The molecule has 106 valence electrons. The largest absolute Gasteiger partial charge is 0.481 e. The van der Waals surface area contributed by atoms with Gasteiger partial charge < -0.3 is 10.4 Å². The Morgan fingerprint density at radius 3 is 2.42 bits per heavy atom. The van der Waals surface area contributed by atoms with Crippen molar-refractivity contribution in [1.29, 1.82) is 0 Å². The molecule has 0 aromatic carbocycles. The van der Waals surface area contributed by atoms with Gasteiger partial charge in [-0.25, -0.2) is 4.79 Å². The predicted octanol–water partition coefficient (Wildman–Crippen LogP) is 1.11. The van der Waals surface area contributed by atoms with Crippen LogP contribution < -0.4 is 10.6 Å². The average Bonchev–Trinajstić information content (AvgIpc) is 2.26. The van der Waals surface area contributed by atoms with E-state index in [1.807, 2.05) is 6.92 Å². The van der Waals surface area contributed by atoms with E-state index < -0.39 is 23.9 Å². The SMILES string of the molecule is C#CC(CCC)NC(=O)NC(=O)CC(C)CC(=O)O. The number of carboxylic acids is 1. The van der Waals surface area contributed by atoms with Gasteiger partial charge in [0.2, 0.25) is 5.91 Å². The highest BCUT2D eigenvalue weighted by molar-refractivity contribution is 5.94. The van der Waals surface area contributed by atoms with Gasteiger partial charge in [-0.1, -0.05) is 26.2 Å². The Morgan fingerprint density at radius 1 is 1.32 bits per heavy atom. The molecule has 2 atom stereocenters. The van der Waals surface area contributed by atoms with Gasteiger partial charge in [-0.15, -0.1) is 6.42 Å². The van der Waals surface area contributed by atoms with Crippen LogP contribution >= 0.6 is 0 Å². The summed E-state index contributed by atoms with van der Waals surface area (Å²) in [4.78, 5) is 33.3. The third-order valence-electron chi connectivity index (χ3n) is 2.39. The van der Waals surface area contributed by atoms with Crippen LogP contribution in [0.3, 0.4) is 0 Å². The van der Waals surface area contributed by atoms with Crippen LogP contribution in [0.1, 0.15) is 39.5 Å². The molecule has 0 radical (unpaired) electrons. The third kappa shape index (κ3) is 8.66. The molecule has 0 saturated heterocycles. The number of hydrogen-bond donors (Lipinski definition) is 3. The van der Waals surface area contributed by atoms with Gasteiger partial charge in [0.15, 0.2) is 0 Å². The number of amides is 3. The van der Waals surface area contributed by atoms with Gasteiger partial charge in [-0.3, -0.25) is 14.9 Å². The normalized spacial score (nSPS) is 12.9. The minimum absolute atomic E-state index is 0.0196. The summed E-state index contributed by atoms with van der Waals surface area (Å²) in [6.45, 7) is 3.57. The molecule has 6 nitrogen and oxygen atoms in total. The number of hydrogen-bond acceptors (Lipinski definition) is 3. The van der Waals surface area contributed by atoms with Crippen LogP contribution in [0.15, 0.2) is 0 Å². The maximum atomic E-state index is 11.5. The van der Waals surface area contributed by atoms with Gasteiger partial charge in [0.1, 0.15) is 0 Å². The lowest BCUT2D eigenvalue weighted by atomic mass is 10.0. The first-order valence-electron chi connectivity index (χ1n) is 6.17. The molecular weight excluding hydrogens is 248 g/mol. The number of imide groups is 1. The van der Waals surface area contributed by atoms with E-state index in [9.17, 15) is 14.4 Å². The zero-order valence-electron chi connectivity index (χ0n) is 11.2. The number of carbonyl (C=O) groups excluding carboxylic acids is 2. The van der Waals surface area contributed by atoms with Crippen LogP contribution in [-0.2, 0) is 9.59 Å². The standard InChI is InChI=1S/C13H20N2O4/c1-4-6-10(5-2)14-13(19)15-11(16)7-9(3)8-12(17)18/h2,9-10H,4,6-8H2,1,3H3,(H,17,18)(H2,14,15,16,19). The summed E-state index contributed by atoms with van der Waals surface area (Å²) in [5.41, 5.74) is 0. The van der Waals surface area contributed by atoms with Crippen molar-refractivity contribution in [3.05, 3.63) is 0 Å². The molecule has 0 aliphatic rings. The monoisotopic (exact) mass is 268 g/mol. The van der Waals surface area contributed by atoms with E-state index in [4.69, 9.17) is 11.5 Å². The number of terminal acetylenes is 1. The molecule has 0 fully saturated rings. The van der Waals surface area contributed by atoms with Crippen molar-refractivity contribution in [2.24, 2.45) is 5.92 Å². The average molecular weight is 268 g/mol. The fourth-order valence-corrected chi connectivity index (χ4v) is 1.54. The molecule has 0 spiro atoms. The highest BCUT2D eigenvalue weighted by atomic mass is 16.4. The van der Waals surface area contributed by atoms with E-state index >= 15 is 0 Å². The van der Waals surface area contributed by atoms with Crippen molar-refractivity contribution in [2.45, 2.75) is 45.6 Å². The van der Waals surface area contributed by atoms with E-state index in [0.29, 0.717) is 6.42 Å². The Balaban J connectivity index is 4.09. The number of rotatable bonds is 7. The molecule has 19 heavy (non-hydrogen) atoms. The van der Waals surface area contributed by atoms with Crippen molar-refractivity contribution in [2.75, 3.05) is 0 Å². The first-order chi connectivity index (χ1) is 8.88. The van der Waals surface area contributed by atoms with E-state index in [1.54, 1.807) is 6.92 Å². The molecule has 0 heterocycles. The first kappa shape index (κ1) is 17.0. The second-order valence-corrected chi connectivity index (χ2v) is 4.44. The van der Waals surface area contributed by atoms with E-state index in [2.05, 4.69) is 16.6 Å². The van der Waals surface area contributed by atoms with Gasteiger partial charge >= 0.3 is 12.0 Å². The predicted molar refractivity (Wildman–Crippen MR) is 70.2 cm³/mol. The van der Waals surface area contributed by atoms with E-state index in [1.165, 1.54) is 0 Å². The Kier molecular flexibility index (Phi) is 8.02. The quantitative estimate of drug-likeness (QED) is 0.603. The summed E-state index contributed by atoms with van der Waals surface area (Å²) in [6.07, 6.45) is 6.55. The number of carbonyl (C=O) groups is 3. The maximum absolute atomic E-state index is 11.5. The first-order valence-corrected chi connectivity index (χ1v) is 6.17. The molecule has 0 saturated carbocycles. The van der Waals surface area contributed by atoms with Gasteiger partial charge in [0, 0.05) is 12.8 Å². The van der Waals surface area contributed by atoms with Crippen molar-refractivity contribution in [3.8, 4) is 12.3 Å². The fourth-order valence-electron chi connectivity index (χ4n) is 1.54. The highest BCUT2D eigenvalue weighted by Gasteiger charge is 2.15. The van der Waals surface area contributed by atoms with Crippen LogP contribution in [0.5, 0.6) is 0 Å². The fraction of sp³-hybridized carbons (Fsp3) is 0.615. The Morgan fingerprint density at radius 2 is 1.95 bits per heavy atom. The van der Waals surface area contributed by atoms with Crippen LogP contribution in [0.4, 0.5) is 4.79 Å². The zero-order chi connectivity index (χ0) is 14.8. The second-order valence-electron chi connectivity index (χ2n) is 4.44. The third-order valence-corrected chi connectivity index (χ3v) is 2.39. The molecule has 3 N–H and O–H groups in total. The maximum Gasteiger partial charge on any atom is 0.322 e. The second kappa shape index (κ2) is 8.97. The summed E-state index contributed by atoms with van der Waals surface area (Å²) in [5.74, 6) is 0.596. The van der Waals surface area contributed by atoms with Crippen LogP contribution in [0.25, 0.3) is 0 Å². The van der Waals surface area contributed by atoms with Crippen molar-refractivity contribution in [3.63, 3.8) is 0 Å². The molecule has 0 rings (SSSR count). The van der Waals surface area contributed by atoms with Crippen molar-refractivity contribution in [1.82, 2.24) is 10.6 Å². The molecular formula is C13H20N2O4. The molecule has 0 aromatic rings. The number of aliphatic carboxylic acids is 1. The number of nitrogens with one attached hydrogen (secondary N) is 2. The summed E-state index contributed by atoms with van der Waals surface area (Å²) in [5, 5.41) is 13.2. The minimum Gasteiger partial charge on any atom is -0.481 e. The smallest absolute Gasteiger partial charge is 0.322 e. The lowest BCUT2D eigenvalue weighted by Gasteiger charge is -2.13. The molecule has 3 amide bonds. The highest BCUT2D eigenvalue weighted by Crippen LogP contribution is 2.06. The van der Waals surface area contributed by atoms with Crippen molar-refractivity contribution >= 4 is 17.9 Å². The molecule has 2 unspecified atom stereocenters. The van der Waals surface area contributed by atoms with Gasteiger partial charge in [0.05, 0.1) is 6.04 Å². The van der Waals surface area contributed by atoms with Gasteiger partial charge in [0.25, 0.3) is 0 Å². The molecule has 0 aromatic heterocycles. The van der Waals surface area contributed by atoms with Crippen molar-refractivity contribution < 1.29 is 19.5 Å². The zero-order valence-corrected chi connectivity index (χ0v) is 11.2. The Hall–Kier alpha value is -2.03. The molecule has 0 aliphatic heterocycles. The van der Waals surface area contributed by atoms with E-state index in [0.717, 1.165) is 6.42 Å². The van der Waals surface area contributed by atoms with Gasteiger partial charge in [-0.2, -0.15) is 0 Å². The Labute approximate surface area is 112 Å². The minimum atomic E-state index is -0.972. The number of carboxylic acid groups (broad SMARTS) is 1. The number of urea groups is 1. The molecule has 0 bridgehead atoms. The van der Waals surface area contributed by atoms with E-state index in [-0.39, 0.29) is 18.8 Å². The lowest BCUT2D eigenvalue weighted by molar-refractivity contribution is -0.138. The van der Waals surface area contributed by atoms with Gasteiger partial charge in [-0.05, 0) is 12.3 Å².